The van der Waals surface area contributed by atoms with Gasteiger partial charge in [-0.15, -0.1) is 12.6 Å². The van der Waals surface area contributed by atoms with Gasteiger partial charge < -0.3 is 11.5 Å². The van der Waals surface area contributed by atoms with Crippen molar-refractivity contribution in [2.45, 2.75) is 16.7 Å². The number of nitrogens with two attached hydrogens (primary N) is 2. The van der Waals surface area contributed by atoms with Crippen LogP contribution in [0.1, 0.15) is 18.1 Å². The van der Waals surface area contributed by atoms with Gasteiger partial charge in [0, 0.05) is 4.91 Å². The Hall–Kier alpha value is -2.90. The van der Waals surface area contributed by atoms with Gasteiger partial charge in [-0.2, -0.15) is 16.8 Å². The molecule has 0 saturated carbocycles. The molecule has 7 N–H and O–H groups in total. The Morgan fingerprint density at radius 1 is 0.875 bits per heavy atom. The highest BCUT2D eigenvalue weighted by Crippen LogP contribution is 2.36. The van der Waals surface area contributed by atoms with Gasteiger partial charge in [-0.1, -0.05) is 12.1 Å². The predicted molar refractivity (Wildman–Crippen MR) is 126 cm³/mol. The minimum absolute atomic E-state index is 0.181. The van der Waals surface area contributed by atoms with E-state index in [-0.39, 0.29) is 28.2 Å². The van der Waals surface area contributed by atoms with Crippen molar-refractivity contribution < 1.29 is 25.9 Å². The summed E-state index contributed by atoms with van der Waals surface area (Å²) in [5.74, 6) is 0. The molecule has 0 saturated heterocycles. The van der Waals surface area contributed by atoms with E-state index in [1.54, 1.807) is 19.1 Å². The van der Waals surface area contributed by atoms with Crippen LogP contribution in [-0.2, 0) is 20.2 Å². The van der Waals surface area contributed by atoms with E-state index in [1.807, 2.05) is 0 Å². The second-order valence-electron chi connectivity index (χ2n) is 7.02. The standard InChI is InChI=1S/C20H19N3O6S3/c1-10-6-13(7-16(30)20(10)23)19(11-2-4-14(21)17(8-11)31(24,25)26)12-3-5-15(22)18(9-12)32(27,28)29/h2-9,23,30H,21-22H2,1H3,(H,24,25,26)(H,27,28,29). The zero-order valence-electron chi connectivity index (χ0n) is 16.6. The lowest BCUT2D eigenvalue weighted by molar-refractivity contribution is 0.481. The van der Waals surface area contributed by atoms with Gasteiger partial charge in [-0.3, -0.25) is 14.5 Å². The summed E-state index contributed by atoms with van der Waals surface area (Å²) in [6, 6.07) is 7.84. The van der Waals surface area contributed by atoms with Crippen LogP contribution in [0.3, 0.4) is 0 Å². The maximum atomic E-state index is 11.8. The van der Waals surface area contributed by atoms with Crippen molar-refractivity contribution in [3.8, 4) is 0 Å². The van der Waals surface area contributed by atoms with Crippen molar-refractivity contribution in [3.63, 3.8) is 0 Å². The van der Waals surface area contributed by atoms with Crippen molar-refractivity contribution in [2.24, 2.45) is 0 Å². The Kier molecular flexibility index (Phi) is 6.10. The normalized spacial score (nSPS) is 14.8. The largest absolute Gasteiger partial charge is 0.398 e. The first-order valence-corrected chi connectivity index (χ1v) is 12.2. The molecule has 0 aliphatic heterocycles. The maximum absolute atomic E-state index is 11.8. The Morgan fingerprint density at radius 2 is 1.31 bits per heavy atom. The average molecular weight is 494 g/mol. The average Bonchev–Trinajstić information content (AvgIpc) is 2.67. The van der Waals surface area contributed by atoms with E-state index in [2.05, 4.69) is 12.6 Å². The van der Waals surface area contributed by atoms with Crippen molar-refractivity contribution in [3.05, 3.63) is 75.7 Å². The zero-order chi connectivity index (χ0) is 24.0. The lowest BCUT2D eigenvalue weighted by Crippen LogP contribution is -2.08. The summed E-state index contributed by atoms with van der Waals surface area (Å²) in [5, 5.41) is 8.04. The first-order valence-electron chi connectivity index (χ1n) is 8.87. The molecule has 0 atom stereocenters. The van der Waals surface area contributed by atoms with E-state index < -0.39 is 30.0 Å². The van der Waals surface area contributed by atoms with Crippen LogP contribution in [0.2, 0.25) is 0 Å². The van der Waals surface area contributed by atoms with Gasteiger partial charge in [0.15, 0.2) is 0 Å². The van der Waals surface area contributed by atoms with Crippen LogP contribution in [0.4, 0.5) is 11.4 Å². The molecule has 9 nitrogen and oxygen atoms in total. The van der Waals surface area contributed by atoms with Crippen LogP contribution in [0.25, 0.3) is 5.57 Å². The summed E-state index contributed by atoms with van der Waals surface area (Å²) >= 11 is 4.31. The molecule has 0 unspecified atom stereocenters. The topological polar surface area (TPSA) is 185 Å². The van der Waals surface area contributed by atoms with Crippen molar-refractivity contribution in [1.82, 2.24) is 0 Å². The Labute approximate surface area is 190 Å². The molecule has 32 heavy (non-hydrogen) atoms. The number of nitrogens with one attached hydrogen (secondary N) is 1. The summed E-state index contributed by atoms with van der Waals surface area (Å²) in [5.41, 5.74) is 13.1. The minimum atomic E-state index is -4.65. The fourth-order valence-corrected chi connectivity index (χ4v) is 4.84. The van der Waals surface area contributed by atoms with Gasteiger partial charge >= 0.3 is 0 Å². The number of rotatable bonds is 4. The smallest absolute Gasteiger partial charge is 0.296 e. The number of hydrogen-bond donors (Lipinski definition) is 6. The molecule has 0 bridgehead atoms. The fourth-order valence-electron chi connectivity index (χ4n) is 3.24. The molecule has 0 radical (unpaired) electrons. The third kappa shape index (κ3) is 4.64. The Morgan fingerprint density at radius 3 is 1.69 bits per heavy atom. The molecular weight excluding hydrogens is 474 g/mol. The number of anilines is 2. The SMILES string of the molecule is CC1=CC(=C(c2ccc(N)c(S(=O)(=O)O)c2)c2ccc(N)c(S(=O)(=O)O)c2)C=C(S)C1=N. The van der Waals surface area contributed by atoms with Gasteiger partial charge in [0.1, 0.15) is 9.79 Å². The van der Waals surface area contributed by atoms with E-state index >= 15 is 0 Å². The highest BCUT2D eigenvalue weighted by molar-refractivity contribution is 7.86. The first-order chi connectivity index (χ1) is 14.7. The minimum Gasteiger partial charge on any atom is -0.398 e. The molecule has 12 heteroatoms. The highest BCUT2D eigenvalue weighted by Gasteiger charge is 2.22. The number of nitrogen functional groups attached to an aromatic ring is 2. The summed E-state index contributed by atoms with van der Waals surface area (Å²) < 4.78 is 66.2. The Balaban J connectivity index is 2.44. The van der Waals surface area contributed by atoms with Crippen LogP contribution < -0.4 is 11.5 Å². The third-order valence-electron chi connectivity index (χ3n) is 4.76. The molecule has 0 spiro atoms. The highest BCUT2D eigenvalue weighted by atomic mass is 32.2. The maximum Gasteiger partial charge on any atom is 0.296 e. The lowest BCUT2D eigenvalue weighted by Gasteiger charge is -2.19. The third-order valence-corrected chi connectivity index (χ3v) is 6.94. The van der Waals surface area contributed by atoms with Gasteiger partial charge in [-0.25, -0.2) is 0 Å². The molecular formula is C20H19N3O6S3. The van der Waals surface area contributed by atoms with Crippen molar-refractivity contribution >= 4 is 55.5 Å². The van der Waals surface area contributed by atoms with Crippen LogP contribution in [0.15, 0.2) is 74.4 Å². The number of allylic oxidation sites excluding steroid dienone is 5. The van der Waals surface area contributed by atoms with Gasteiger partial charge in [0.2, 0.25) is 0 Å². The molecule has 1 aliphatic carbocycles. The molecule has 168 valence electrons. The van der Waals surface area contributed by atoms with Crippen molar-refractivity contribution in [1.29, 1.82) is 5.41 Å². The molecule has 2 aromatic carbocycles. The van der Waals surface area contributed by atoms with E-state index in [9.17, 15) is 25.9 Å². The van der Waals surface area contributed by atoms with E-state index in [0.717, 1.165) is 12.1 Å². The number of benzene rings is 2. The van der Waals surface area contributed by atoms with E-state index in [0.29, 0.717) is 21.6 Å². The molecule has 1 aliphatic rings. The summed E-state index contributed by atoms with van der Waals surface area (Å²) in [6.45, 7) is 1.68. The predicted octanol–water partition coefficient (Wildman–Crippen LogP) is 2.94. The quantitative estimate of drug-likeness (QED) is 0.213. The van der Waals surface area contributed by atoms with Crippen LogP contribution in [-0.4, -0.2) is 31.7 Å². The number of hydrogen-bond acceptors (Lipinski definition) is 8. The molecule has 2 aromatic rings. The second kappa shape index (κ2) is 8.22. The van der Waals surface area contributed by atoms with Crippen LogP contribution in [0.5, 0.6) is 0 Å². The molecule has 0 heterocycles. The van der Waals surface area contributed by atoms with Gasteiger partial charge in [-0.05, 0) is 71.2 Å². The monoisotopic (exact) mass is 493 g/mol. The van der Waals surface area contributed by atoms with E-state index in [4.69, 9.17) is 16.9 Å². The molecule has 0 aromatic heterocycles. The summed E-state index contributed by atoms with van der Waals surface area (Å²) in [4.78, 5) is -0.732. The second-order valence-corrected chi connectivity index (χ2v) is 10.3. The fraction of sp³-hybridized carbons (Fsp3) is 0.0500. The molecule has 0 fully saturated rings. The van der Waals surface area contributed by atoms with E-state index in [1.165, 1.54) is 24.3 Å². The van der Waals surface area contributed by atoms with Gasteiger partial charge in [0.25, 0.3) is 20.2 Å². The van der Waals surface area contributed by atoms with Crippen LogP contribution >= 0.6 is 12.6 Å². The Bertz CT molecular complexity index is 1360. The lowest BCUT2D eigenvalue weighted by atomic mass is 9.89. The van der Waals surface area contributed by atoms with Crippen LogP contribution in [0, 0.1) is 5.41 Å². The molecule has 0 amide bonds. The first kappa shape index (κ1) is 23.8. The number of thiol groups is 1. The summed E-state index contributed by atoms with van der Waals surface area (Å²) in [7, 11) is -9.31. The van der Waals surface area contributed by atoms with Crippen molar-refractivity contribution in [2.75, 3.05) is 11.5 Å². The summed E-state index contributed by atoms with van der Waals surface area (Å²) in [6.07, 6.45) is 3.20. The molecule has 3 rings (SSSR count). The van der Waals surface area contributed by atoms with Gasteiger partial charge in [0.05, 0.1) is 17.1 Å². The zero-order valence-corrected chi connectivity index (χ0v) is 19.1.